The molecule has 0 fully saturated rings. The van der Waals surface area contributed by atoms with Crippen LogP contribution in [0.4, 0.5) is 0 Å². The molecule has 0 aromatic carbocycles. The molecule has 4 heteroatoms. The van der Waals surface area contributed by atoms with Crippen LogP contribution in [-0.2, 0) is 0 Å². The smallest absolute Gasteiger partial charge is 0.225 e. The third kappa shape index (κ3) is 8.54. The lowest BCUT2D eigenvalue weighted by Gasteiger charge is -2.00. The van der Waals surface area contributed by atoms with Gasteiger partial charge in [0.25, 0.3) is 0 Å². The minimum Gasteiger partial charge on any atom is -0.293 e. The second kappa shape index (κ2) is 5.22. The highest BCUT2D eigenvalue weighted by atomic mass is 35.6. The van der Waals surface area contributed by atoms with E-state index < -0.39 is 3.79 Å². The molecule has 0 aliphatic heterocycles. The zero-order valence-electron chi connectivity index (χ0n) is 5.78. The van der Waals surface area contributed by atoms with Crippen LogP contribution >= 0.6 is 34.8 Å². The number of aliphatic imine (C=N–C) groups is 1. The molecule has 0 heterocycles. The fourth-order valence-corrected chi connectivity index (χ4v) is 0.624. The second-order valence-corrected chi connectivity index (χ2v) is 4.30. The van der Waals surface area contributed by atoms with Crippen LogP contribution in [0.3, 0.4) is 0 Å². The highest BCUT2D eigenvalue weighted by Gasteiger charge is 2.14. The van der Waals surface area contributed by atoms with E-state index in [9.17, 15) is 0 Å². The van der Waals surface area contributed by atoms with E-state index in [2.05, 4.69) is 11.9 Å². The van der Waals surface area contributed by atoms with Crippen molar-refractivity contribution in [2.24, 2.45) is 4.99 Å². The summed E-state index contributed by atoms with van der Waals surface area (Å²) in [6, 6.07) is 0. The van der Waals surface area contributed by atoms with E-state index in [1.54, 1.807) is 0 Å². The molecule has 0 aliphatic rings. The zero-order valence-corrected chi connectivity index (χ0v) is 8.05. The van der Waals surface area contributed by atoms with Crippen molar-refractivity contribution >= 4 is 41.0 Å². The molecule has 0 N–H and O–H groups in total. The summed E-state index contributed by atoms with van der Waals surface area (Å²) in [4.78, 5) is 3.91. The Kier molecular flexibility index (Phi) is 5.51. The van der Waals surface area contributed by atoms with E-state index >= 15 is 0 Å². The quantitative estimate of drug-likeness (QED) is 0.379. The summed E-state index contributed by atoms with van der Waals surface area (Å²) in [5.74, 6) is 0. The molecule has 0 radical (unpaired) electrons. The molecule has 0 amide bonds. The third-order valence-electron chi connectivity index (χ3n) is 0.878. The average Bonchev–Trinajstić information content (AvgIpc) is 1.78. The summed E-state index contributed by atoms with van der Waals surface area (Å²) in [5, 5.41) is 0. The lowest BCUT2D eigenvalue weighted by atomic mass is 10.3. The van der Waals surface area contributed by atoms with E-state index in [1.807, 2.05) is 0 Å². The van der Waals surface area contributed by atoms with E-state index in [0.717, 1.165) is 19.4 Å². The Hall–Kier alpha value is 0.540. The average molecular weight is 203 g/mol. The zero-order chi connectivity index (χ0) is 8.04. The highest BCUT2D eigenvalue weighted by Crippen LogP contribution is 2.22. The Labute approximate surface area is 76.4 Å². The maximum atomic E-state index is 5.39. The van der Waals surface area contributed by atoms with Gasteiger partial charge in [-0.1, -0.05) is 48.1 Å². The van der Waals surface area contributed by atoms with Crippen molar-refractivity contribution < 1.29 is 0 Å². The van der Waals surface area contributed by atoms with Crippen LogP contribution in [0.5, 0.6) is 0 Å². The fraction of sp³-hybridized carbons (Fsp3) is 0.833. The molecule has 0 atom stereocenters. The molecule has 0 aromatic heterocycles. The number of hydrogen-bond acceptors (Lipinski definition) is 1. The first-order valence-corrected chi connectivity index (χ1v) is 4.27. The monoisotopic (exact) mass is 201 g/mol. The summed E-state index contributed by atoms with van der Waals surface area (Å²) >= 11 is 16.2. The molecule has 0 saturated heterocycles. The van der Waals surface area contributed by atoms with Crippen LogP contribution in [0, 0.1) is 0 Å². The fourth-order valence-electron chi connectivity index (χ4n) is 0.417. The van der Waals surface area contributed by atoms with Crippen molar-refractivity contribution in [3.05, 3.63) is 0 Å². The highest BCUT2D eigenvalue weighted by molar-refractivity contribution is 6.74. The van der Waals surface area contributed by atoms with Crippen LogP contribution in [0.15, 0.2) is 4.99 Å². The van der Waals surface area contributed by atoms with Crippen molar-refractivity contribution in [3.63, 3.8) is 0 Å². The van der Waals surface area contributed by atoms with Gasteiger partial charge in [0.1, 0.15) is 0 Å². The summed E-state index contributed by atoms with van der Waals surface area (Å²) in [5.41, 5.74) is 0. The molecule has 0 spiro atoms. The first kappa shape index (κ1) is 10.5. The summed E-state index contributed by atoms with van der Waals surface area (Å²) in [6.07, 6.45) is 3.49. The number of rotatable bonds is 3. The van der Waals surface area contributed by atoms with Gasteiger partial charge in [0.05, 0.1) is 0 Å². The molecule has 0 bridgehead atoms. The normalized spacial score (nSPS) is 12.8. The van der Waals surface area contributed by atoms with Gasteiger partial charge in [0.15, 0.2) is 0 Å². The summed E-state index contributed by atoms with van der Waals surface area (Å²) in [7, 11) is 0. The Morgan fingerprint density at radius 2 is 2.00 bits per heavy atom. The van der Waals surface area contributed by atoms with Crippen molar-refractivity contribution in [2.45, 2.75) is 23.6 Å². The molecular weight excluding hydrogens is 192 g/mol. The van der Waals surface area contributed by atoms with Gasteiger partial charge in [0.2, 0.25) is 3.79 Å². The van der Waals surface area contributed by atoms with E-state index in [4.69, 9.17) is 34.8 Å². The Balaban J connectivity index is 3.37. The topological polar surface area (TPSA) is 12.4 Å². The van der Waals surface area contributed by atoms with Crippen LogP contribution in [0.25, 0.3) is 0 Å². The molecule has 0 aromatic rings. The van der Waals surface area contributed by atoms with E-state index in [1.165, 1.54) is 6.21 Å². The molecule has 0 aliphatic carbocycles. The van der Waals surface area contributed by atoms with Gasteiger partial charge in [-0.2, -0.15) is 0 Å². The first-order chi connectivity index (χ1) is 4.56. The van der Waals surface area contributed by atoms with Gasteiger partial charge < -0.3 is 0 Å². The van der Waals surface area contributed by atoms with Crippen molar-refractivity contribution in [1.29, 1.82) is 0 Å². The lowest BCUT2D eigenvalue weighted by molar-refractivity contribution is 0.809. The molecule has 1 nitrogen and oxygen atoms in total. The molecule has 0 rings (SSSR count). The number of nitrogens with zero attached hydrogens (tertiary/aromatic N) is 1. The van der Waals surface area contributed by atoms with Gasteiger partial charge in [-0.25, -0.2) is 0 Å². The van der Waals surface area contributed by atoms with Crippen LogP contribution in [-0.4, -0.2) is 16.6 Å². The summed E-state index contributed by atoms with van der Waals surface area (Å²) < 4.78 is -1.33. The largest absolute Gasteiger partial charge is 0.293 e. The first-order valence-electron chi connectivity index (χ1n) is 3.14. The van der Waals surface area contributed by atoms with Gasteiger partial charge in [-0.15, -0.1) is 0 Å². The number of unbranched alkanes of at least 4 members (excludes halogenated alkanes) is 1. The Bertz CT molecular complexity index is 106. The SMILES string of the molecule is CCCCN=CC(Cl)(Cl)Cl. The Morgan fingerprint density at radius 3 is 2.40 bits per heavy atom. The molecule has 10 heavy (non-hydrogen) atoms. The van der Waals surface area contributed by atoms with E-state index in [0.29, 0.717) is 0 Å². The predicted molar refractivity (Wildman–Crippen MR) is 48.6 cm³/mol. The van der Waals surface area contributed by atoms with Gasteiger partial charge >= 0.3 is 0 Å². The van der Waals surface area contributed by atoms with Gasteiger partial charge in [0, 0.05) is 12.8 Å². The number of hydrogen-bond donors (Lipinski definition) is 0. The minimum atomic E-state index is -1.33. The second-order valence-electron chi connectivity index (χ2n) is 1.93. The predicted octanol–water partition coefficient (Wildman–Crippen LogP) is 3.23. The number of alkyl halides is 3. The minimum absolute atomic E-state index is 0.740. The van der Waals surface area contributed by atoms with Crippen molar-refractivity contribution in [2.75, 3.05) is 6.54 Å². The van der Waals surface area contributed by atoms with Crippen LogP contribution in [0.2, 0.25) is 0 Å². The van der Waals surface area contributed by atoms with Crippen molar-refractivity contribution in [3.8, 4) is 0 Å². The maximum Gasteiger partial charge on any atom is 0.225 e. The molecule has 0 unspecified atom stereocenters. The van der Waals surface area contributed by atoms with Crippen LogP contribution < -0.4 is 0 Å². The molecule has 0 saturated carbocycles. The van der Waals surface area contributed by atoms with Gasteiger partial charge in [-0.05, 0) is 6.42 Å². The lowest BCUT2D eigenvalue weighted by Crippen LogP contribution is -2.03. The maximum absolute atomic E-state index is 5.39. The third-order valence-corrected chi connectivity index (χ3v) is 1.17. The van der Waals surface area contributed by atoms with Crippen molar-refractivity contribution in [1.82, 2.24) is 0 Å². The standard InChI is InChI=1S/C6H10Cl3N/c1-2-3-4-10-5-6(7,8)9/h5H,2-4H2,1H3. The Morgan fingerprint density at radius 1 is 1.40 bits per heavy atom. The molecular formula is C6H10Cl3N. The van der Waals surface area contributed by atoms with Crippen LogP contribution in [0.1, 0.15) is 19.8 Å². The number of halogens is 3. The van der Waals surface area contributed by atoms with E-state index in [-0.39, 0.29) is 0 Å². The summed E-state index contributed by atoms with van der Waals surface area (Å²) in [6.45, 7) is 2.83. The molecule has 60 valence electrons. The van der Waals surface area contributed by atoms with Gasteiger partial charge in [-0.3, -0.25) is 4.99 Å².